The van der Waals surface area contributed by atoms with Crippen molar-refractivity contribution in [2.24, 2.45) is 4.99 Å². The van der Waals surface area contributed by atoms with E-state index in [0.29, 0.717) is 67.9 Å². The summed E-state index contributed by atoms with van der Waals surface area (Å²) in [5, 5.41) is 0. The van der Waals surface area contributed by atoms with Gasteiger partial charge in [-0.15, -0.1) is 0 Å². The molecule has 1 aliphatic rings. The van der Waals surface area contributed by atoms with Gasteiger partial charge in [-0.2, -0.15) is 0 Å². The number of unbranched alkanes of at least 4 members (excludes halogenated alkanes) is 1. The third-order valence-corrected chi connectivity index (χ3v) is 7.73. The molecule has 0 radical (unpaired) electrons. The molecule has 0 saturated carbocycles. The van der Waals surface area contributed by atoms with Crippen molar-refractivity contribution in [1.29, 1.82) is 0 Å². The van der Waals surface area contributed by atoms with E-state index in [2.05, 4.69) is 11.9 Å². The Morgan fingerprint density at radius 3 is 2.48 bits per heavy atom. The zero-order valence-corrected chi connectivity index (χ0v) is 25.8. The summed E-state index contributed by atoms with van der Waals surface area (Å²) in [6.07, 6.45) is 4.52. The lowest BCUT2D eigenvalue weighted by Crippen LogP contribution is -2.40. The number of aromatic nitrogens is 1. The highest BCUT2D eigenvalue weighted by Crippen LogP contribution is 2.36. The van der Waals surface area contributed by atoms with Gasteiger partial charge in [0.25, 0.3) is 5.56 Å². The van der Waals surface area contributed by atoms with Gasteiger partial charge in [-0.1, -0.05) is 49.8 Å². The Morgan fingerprint density at radius 1 is 1.00 bits per heavy atom. The third kappa shape index (κ3) is 6.38. The molecule has 0 aliphatic carbocycles. The molecule has 0 fully saturated rings. The average Bonchev–Trinajstić information content (AvgIpc) is 3.29. The number of carbonyl (C=O) groups is 1. The second kappa shape index (κ2) is 14.2. The monoisotopic (exact) mass is 594 g/mol. The minimum absolute atomic E-state index is 0.191. The van der Waals surface area contributed by atoms with Gasteiger partial charge < -0.3 is 23.7 Å². The molecule has 0 amide bonds. The minimum atomic E-state index is -0.776. The number of methoxy groups -OCH3 is 2. The van der Waals surface area contributed by atoms with E-state index < -0.39 is 12.0 Å². The number of fused-ring (bicyclic) bond motifs is 1. The zero-order valence-electron chi connectivity index (χ0n) is 25.0. The Bertz CT molecular complexity index is 1640. The van der Waals surface area contributed by atoms with Gasteiger partial charge >= 0.3 is 5.97 Å². The summed E-state index contributed by atoms with van der Waals surface area (Å²) in [6.45, 7) is 8.88. The largest absolute Gasteiger partial charge is 0.493 e. The van der Waals surface area contributed by atoms with E-state index in [0.717, 1.165) is 19.3 Å². The van der Waals surface area contributed by atoms with E-state index in [1.165, 1.54) is 11.3 Å². The molecule has 10 heteroatoms. The number of hydrogen-bond donors (Lipinski definition) is 0. The number of nitrogens with zero attached hydrogens (tertiary/aromatic N) is 2. The lowest BCUT2D eigenvalue weighted by Gasteiger charge is -2.25. The summed E-state index contributed by atoms with van der Waals surface area (Å²) in [5.74, 6) is 1.73. The second-order valence-corrected chi connectivity index (χ2v) is 10.7. The van der Waals surface area contributed by atoms with E-state index in [4.69, 9.17) is 23.7 Å². The second-order valence-electron chi connectivity index (χ2n) is 9.64. The van der Waals surface area contributed by atoms with Crippen LogP contribution in [0, 0.1) is 0 Å². The van der Waals surface area contributed by atoms with Crippen LogP contribution in [0.25, 0.3) is 6.08 Å². The van der Waals surface area contributed by atoms with Crippen molar-refractivity contribution in [1.82, 2.24) is 4.57 Å². The lowest BCUT2D eigenvalue weighted by atomic mass is 9.95. The molecule has 2 heterocycles. The number of carbonyl (C=O) groups excluding carboxylic acids is 1. The van der Waals surface area contributed by atoms with Crippen molar-refractivity contribution >= 4 is 23.4 Å². The standard InChI is InChI=1S/C32H38N2O7S/c1-7-10-17-40-23-15-14-21(18-25(23)38-6)28-27(31(36)39-9-3)20(4)33-32-34(28)30(35)26(42-32)19-22-12-11-13-24(37-5)29(22)41-16-8-2/h11-15,18-19,28H,7-10,16-17H2,1-6H3. The average molecular weight is 595 g/mol. The van der Waals surface area contributed by atoms with Gasteiger partial charge in [0.1, 0.15) is 0 Å². The lowest BCUT2D eigenvalue weighted by molar-refractivity contribution is -0.139. The Labute approximate surface area is 249 Å². The van der Waals surface area contributed by atoms with Crippen molar-refractivity contribution < 1.29 is 28.5 Å². The van der Waals surface area contributed by atoms with Crippen molar-refractivity contribution in [3.05, 3.63) is 78.5 Å². The summed E-state index contributed by atoms with van der Waals surface area (Å²) >= 11 is 1.25. The Kier molecular flexibility index (Phi) is 10.5. The molecule has 1 aliphatic heterocycles. The van der Waals surface area contributed by atoms with Crippen LogP contribution in [0.4, 0.5) is 0 Å². The van der Waals surface area contributed by atoms with Crippen molar-refractivity contribution in [2.45, 2.75) is 53.0 Å². The van der Waals surface area contributed by atoms with Crippen molar-refractivity contribution in [3.8, 4) is 23.0 Å². The summed E-state index contributed by atoms with van der Waals surface area (Å²) < 4.78 is 30.5. The van der Waals surface area contributed by atoms with Crippen LogP contribution in [0.1, 0.15) is 64.1 Å². The van der Waals surface area contributed by atoms with Gasteiger partial charge in [-0.05, 0) is 56.5 Å². The molecule has 0 N–H and O–H groups in total. The van der Waals surface area contributed by atoms with E-state index in [1.807, 2.05) is 37.3 Å². The molecule has 1 aromatic heterocycles. The first kappa shape index (κ1) is 30.9. The normalized spacial score (nSPS) is 14.7. The predicted molar refractivity (Wildman–Crippen MR) is 163 cm³/mol. The van der Waals surface area contributed by atoms with Gasteiger partial charge in [0.05, 0.1) is 55.9 Å². The maximum Gasteiger partial charge on any atom is 0.338 e. The zero-order chi connectivity index (χ0) is 30.2. The van der Waals surface area contributed by atoms with Crippen LogP contribution >= 0.6 is 11.3 Å². The van der Waals surface area contributed by atoms with Gasteiger partial charge in [0.15, 0.2) is 27.8 Å². The number of ether oxygens (including phenoxy) is 5. The fraction of sp³-hybridized carbons (Fsp3) is 0.406. The van der Waals surface area contributed by atoms with Gasteiger partial charge in [-0.25, -0.2) is 9.79 Å². The molecule has 1 unspecified atom stereocenters. The molecule has 42 heavy (non-hydrogen) atoms. The van der Waals surface area contributed by atoms with Crippen LogP contribution in [0.15, 0.2) is 57.5 Å². The molecular formula is C32H38N2O7S. The van der Waals surface area contributed by atoms with E-state index in [-0.39, 0.29) is 12.2 Å². The number of hydrogen-bond acceptors (Lipinski definition) is 9. The maximum absolute atomic E-state index is 14.1. The molecule has 1 atom stereocenters. The molecule has 224 valence electrons. The number of thiazole rings is 1. The number of allylic oxidation sites excluding steroid dienone is 1. The van der Waals surface area contributed by atoms with Gasteiger partial charge in [0.2, 0.25) is 0 Å². The molecular weight excluding hydrogens is 556 g/mol. The fourth-order valence-corrected chi connectivity index (χ4v) is 5.75. The fourth-order valence-electron chi connectivity index (χ4n) is 4.71. The van der Waals surface area contributed by atoms with Crippen LogP contribution in [0.2, 0.25) is 0 Å². The summed E-state index contributed by atoms with van der Waals surface area (Å²) in [4.78, 5) is 32.5. The third-order valence-electron chi connectivity index (χ3n) is 6.74. The molecule has 0 bridgehead atoms. The number of para-hydroxylation sites is 1. The molecule has 2 aromatic carbocycles. The number of esters is 1. The molecule has 0 saturated heterocycles. The Hall–Kier alpha value is -4.05. The van der Waals surface area contributed by atoms with Crippen LogP contribution in [-0.4, -0.2) is 44.6 Å². The van der Waals surface area contributed by atoms with E-state index in [1.54, 1.807) is 44.8 Å². The molecule has 4 rings (SSSR count). The van der Waals surface area contributed by atoms with Crippen LogP contribution in [0.5, 0.6) is 23.0 Å². The van der Waals surface area contributed by atoms with Crippen LogP contribution in [0.3, 0.4) is 0 Å². The first-order valence-corrected chi connectivity index (χ1v) is 15.0. The van der Waals surface area contributed by atoms with Gasteiger partial charge in [-0.3, -0.25) is 9.36 Å². The minimum Gasteiger partial charge on any atom is -0.493 e. The van der Waals surface area contributed by atoms with Crippen LogP contribution in [-0.2, 0) is 9.53 Å². The Balaban J connectivity index is 1.91. The first-order chi connectivity index (χ1) is 20.4. The topological polar surface area (TPSA) is 97.6 Å². The number of benzene rings is 2. The molecule has 0 spiro atoms. The number of rotatable bonds is 13. The highest BCUT2D eigenvalue weighted by molar-refractivity contribution is 7.07. The predicted octanol–water partition coefficient (Wildman–Crippen LogP) is 4.78. The molecule has 3 aromatic rings. The molecule has 9 nitrogen and oxygen atoms in total. The highest BCUT2D eigenvalue weighted by Gasteiger charge is 2.34. The Morgan fingerprint density at radius 2 is 1.79 bits per heavy atom. The summed E-state index contributed by atoms with van der Waals surface area (Å²) in [5.41, 5.74) is 1.88. The maximum atomic E-state index is 14.1. The van der Waals surface area contributed by atoms with E-state index >= 15 is 0 Å². The van der Waals surface area contributed by atoms with Crippen LogP contribution < -0.4 is 33.8 Å². The van der Waals surface area contributed by atoms with Crippen molar-refractivity contribution in [3.63, 3.8) is 0 Å². The smallest absolute Gasteiger partial charge is 0.338 e. The quantitative estimate of drug-likeness (QED) is 0.208. The summed E-state index contributed by atoms with van der Waals surface area (Å²) in [7, 11) is 3.15. The van der Waals surface area contributed by atoms with E-state index in [9.17, 15) is 9.59 Å². The van der Waals surface area contributed by atoms with Crippen molar-refractivity contribution in [2.75, 3.05) is 34.0 Å². The summed E-state index contributed by atoms with van der Waals surface area (Å²) in [6, 6.07) is 10.2. The first-order valence-electron chi connectivity index (χ1n) is 14.2. The van der Waals surface area contributed by atoms with Gasteiger partial charge in [0, 0.05) is 5.56 Å². The highest BCUT2D eigenvalue weighted by atomic mass is 32.1. The SMILES string of the molecule is CCCCOc1ccc(C2C(C(=O)OCC)=C(C)N=c3sc(=Cc4cccc(OC)c4OCCC)c(=O)n32)cc1OC.